The number of non-ortho nitro benzene ring substituents is 1. The van der Waals surface area contributed by atoms with Crippen LogP contribution in [0.3, 0.4) is 0 Å². The highest BCUT2D eigenvalue weighted by Gasteiger charge is 2.16. The van der Waals surface area contributed by atoms with Crippen molar-refractivity contribution in [1.29, 1.82) is 0 Å². The Morgan fingerprint density at radius 3 is 2.61 bits per heavy atom. The molecule has 28 heavy (non-hydrogen) atoms. The molecular weight excluding hydrogens is 420 g/mol. The van der Waals surface area contributed by atoms with Gasteiger partial charge < -0.3 is 5.32 Å². The molecule has 3 aromatic rings. The number of rotatable bonds is 4. The summed E-state index contributed by atoms with van der Waals surface area (Å²) < 4.78 is 0. The van der Waals surface area contributed by atoms with Crippen LogP contribution in [0.4, 0.5) is 10.8 Å². The highest BCUT2D eigenvalue weighted by atomic mass is 35.5. The van der Waals surface area contributed by atoms with E-state index < -0.39 is 10.8 Å². The number of aromatic nitrogens is 1. The lowest BCUT2D eigenvalue weighted by Crippen LogP contribution is -2.34. The topological polar surface area (TPSA) is 97.2 Å². The minimum absolute atomic E-state index is 0.0367. The number of nitro benzene ring substituents is 1. The van der Waals surface area contributed by atoms with Crippen molar-refractivity contribution in [2.24, 2.45) is 0 Å². The summed E-state index contributed by atoms with van der Waals surface area (Å²) in [7, 11) is 0. The van der Waals surface area contributed by atoms with Gasteiger partial charge in [-0.25, -0.2) is 4.98 Å². The Labute approximate surface area is 174 Å². The van der Waals surface area contributed by atoms with E-state index in [9.17, 15) is 14.9 Å². The summed E-state index contributed by atoms with van der Waals surface area (Å²) in [4.78, 5) is 26.9. The number of halogens is 1. The van der Waals surface area contributed by atoms with E-state index in [1.54, 1.807) is 0 Å². The van der Waals surface area contributed by atoms with Crippen LogP contribution in [0, 0.1) is 17.0 Å². The van der Waals surface area contributed by atoms with Crippen molar-refractivity contribution in [3.63, 3.8) is 0 Å². The second-order valence-corrected chi connectivity index (χ2v) is 7.41. The molecule has 1 aromatic heterocycles. The van der Waals surface area contributed by atoms with Crippen LogP contribution in [0.5, 0.6) is 0 Å². The molecule has 0 aliphatic rings. The first-order valence-electron chi connectivity index (χ1n) is 7.92. The minimum Gasteiger partial charge on any atom is -0.308 e. The molecule has 1 heterocycles. The largest absolute Gasteiger partial charge is 0.308 e. The first kappa shape index (κ1) is 19.9. The first-order chi connectivity index (χ1) is 13.3. The molecule has 0 aliphatic carbocycles. The van der Waals surface area contributed by atoms with Gasteiger partial charge in [-0.05, 0) is 25.2 Å². The standard InChI is InChI=1S/C18H13ClN4O3S2/c1-10-2-4-11(5-3-10)15-9-28-18(20-15)22-17(27)21-16(24)13-7-6-12(23(25)26)8-14(13)19/h2-9H,1H3,(H2,20,21,22,24,27). The fourth-order valence-corrected chi connectivity index (χ4v) is 3.53. The maximum absolute atomic E-state index is 12.3. The molecule has 0 radical (unpaired) electrons. The van der Waals surface area contributed by atoms with Gasteiger partial charge in [-0.3, -0.25) is 20.2 Å². The van der Waals surface area contributed by atoms with Crippen LogP contribution in [-0.4, -0.2) is 20.9 Å². The lowest BCUT2D eigenvalue weighted by Gasteiger charge is -2.08. The Kier molecular flexibility index (Phi) is 5.98. The second kappa shape index (κ2) is 8.42. The quantitative estimate of drug-likeness (QED) is 0.349. The Balaban J connectivity index is 1.65. The molecule has 3 rings (SSSR count). The highest BCUT2D eigenvalue weighted by Crippen LogP contribution is 2.25. The summed E-state index contributed by atoms with van der Waals surface area (Å²) in [5.74, 6) is -0.576. The lowest BCUT2D eigenvalue weighted by molar-refractivity contribution is -0.384. The highest BCUT2D eigenvalue weighted by molar-refractivity contribution is 7.80. The number of aryl methyl sites for hydroxylation is 1. The van der Waals surface area contributed by atoms with Crippen LogP contribution in [-0.2, 0) is 0 Å². The van der Waals surface area contributed by atoms with E-state index in [1.807, 2.05) is 36.6 Å². The van der Waals surface area contributed by atoms with Gasteiger partial charge >= 0.3 is 0 Å². The molecule has 2 N–H and O–H groups in total. The predicted molar refractivity (Wildman–Crippen MR) is 114 cm³/mol. The number of thiazole rings is 1. The molecule has 0 fully saturated rings. The first-order valence-corrected chi connectivity index (χ1v) is 9.59. The molecule has 142 valence electrons. The van der Waals surface area contributed by atoms with Crippen molar-refractivity contribution >= 4 is 57.0 Å². The number of carbonyl (C=O) groups is 1. The molecule has 7 nitrogen and oxygen atoms in total. The number of benzene rings is 2. The third-order valence-corrected chi connectivity index (χ3v) is 4.98. The molecule has 0 bridgehead atoms. The number of thiocarbonyl (C=S) groups is 1. The second-order valence-electron chi connectivity index (χ2n) is 5.73. The summed E-state index contributed by atoms with van der Waals surface area (Å²) in [6, 6.07) is 11.5. The van der Waals surface area contributed by atoms with Crippen LogP contribution in [0.2, 0.25) is 5.02 Å². The zero-order valence-electron chi connectivity index (χ0n) is 14.4. The Bertz CT molecular complexity index is 1070. The summed E-state index contributed by atoms with van der Waals surface area (Å²) in [6.07, 6.45) is 0. The number of nitro groups is 1. The molecule has 0 aliphatic heterocycles. The van der Waals surface area contributed by atoms with Gasteiger partial charge in [0.15, 0.2) is 10.2 Å². The molecule has 2 aromatic carbocycles. The van der Waals surface area contributed by atoms with Gasteiger partial charge in [-0.1, -0.05) is 41.4 Å². The van der Waals surface area contributed by atoms with E-state index in [-0.39, 0.29) is 21.4 Å². The van der Waals surface area contributed by atoms with E-state index in [4.69, 9.17) is 23.8 Å². The fraction of sp³-hybridized carbons (Fsp3) is 0.0556. The van der Waals surface area contributed by atoms with Crippen LogP contribution >= 0.6 is 35.2 Å². The molecule has 0 saturated heterocycles. The molecule has 0 saturated carbocycles. The van der Waals surface area contributed by atoms with E-state index >= 15 is 0 Å². The van der Waals surface area contributed by atoms with Gasteiger partial charge in [0.1, 0.15) is 0 Å². The number of amides is 1. The summed E-state index contributed by atoms with van der Waals surface area (Å²) in [5, 5.41) is 18.5. The van der Waals surface area contributed by atoms with Gasteiger partial charge in [0.05, 0.1) is 21.2 Å². The van der Waals surface area contributed by atoms with Gasteiger partial charge in [-0.2, -0.15) is 0 Å². The summed E-state index contributed by atoms with van der Waals surface area (Å²) >= 11 is 12.4. The zero-order valence-corrected chi connectivity index (χ0v) is 16.8. The average molecular weight is 433 g/mol. The van der Waals surface area contributed by atoms with Crippen molar-refractivity contribution in [3.05, 3.63) is 74.1 Å². The van der Waals surface area contributed by atoms with E-state index in [0.717, 1.165) is 22.9 Å². The van der Waals surface area contributed by atoms with E-state index in [1.165, 1.54) is 23.5 Å². The molecule has 10 heteroatoms. The summed E-state index contributed by atoms with van der Waals surface area (Å²) in [6.45, 7) is 2.01. The maximum Gasteiger partial charge on any atom is 0.270 e. The number of anilines is 1. The molecule has 0 atom stereocenters. The summed E-state index contributed by atoms with van der Waals surface area (Å²) in [5.41, 5.74) is 2.80. The molecular formula is C18H13ClN4O3S2. The van der Waals surface area contributed by atoms with Gasteiger partial charge in [0.2, 0.25) is 0 Å². The van der Waals surface area contributed by atoms with Crippen LogP contribution in [0.25, 0.3) is 11.3 Å². The monoisotopic (exact) mass is 432 g/mol. The molecule has 0 spiro atoms. The van der Waals surface area contributed by atoms with Gasteiger partial charge in [0, 0.05) is 23.1 Å². The average Bonchev–Trinajstić information content (AvgIpc) is 3.10. The third-order valence-electron chi connectivity index (χ3n) is 3.71. The van der Waals surface area contributed by atoms with Gasteiger partial charge in [-0.15, -0.1) is 11.3 Å². The van der Waals surface area contributed by atoms with Crippen LogP contribution in [0.15, 0.2) is 47.8 Å². The van der Waals surface area contributed by atoms with Crippen molar-refractivity contribution < 1.29 is 9.72 Å². The minimum atomic E-state index is -0.589. The van der Waals surface area contributed by atoms with E-state index in [2.05, 4.69) is 15.6 Å². The van der Waals surface area contributed by atoms with Crippen molar-refractivity contribution in [2.75, 3.05) is 5.32 Å². The third kappa shape index (κ3) is 4.69. The Morgan fingerprint density at radius 2 is 1.96 bits per heavy atom. The predicted octanol–water partition coefficient (Wildman–Crippen LogP) is 4.81. The normalized spacial score (nSPS) is 10.4. The van der Waals surface area contributed by atoms with Crippen molar-refractivity contribution in [3.8, 4) is 11.3 Å². The SMILES string of the molecule is Cc1ccc(-c2csc(NC(=S)NC(=O)c3ccc([N+](=O)[O-])cc3Cl)n2)cc1. The molecule has 1 amide bonds. The molecule has 0 unspecified atom stereocenters. The van der Waals surface area contributed by atoms with Crippen LogP contribution < -0.4 is 10.6 Å². The zero-order chi connectivity index (χ0) is 20.3. The van der Waals surface area contributed by atoms with Crippen molar-refractivity contribution in [2.45, 2.75) is 6.92 Å². The Hall–Kier alpha value is -2.88. The van der Waals surface area contributed by atoms with Gasteiger partial charge in [0.25, 0.3) is 11.6 Å². The van der Waals surface area contributed by atoms with Crippen LogP contribution in [0.1, 0.15) is 15.9 Å². The number of nitrogens with one attached hydrogen (secondary N) is 2. The van der Waals surface area contributed by atoms with E-state index in [0.29, 0.717) is 5.13 Å². The maximum atomic E-state index is 12.3. The number of carbonyl (C=O) groups excluding carboxylic acids is 1. The fourth-order valence-electron chi connectivity index (χ4n) is 2.29. The number of hydrogen-bond acceptors (Lipinski definition) is 6. The lowest BCUT2D eigenvalue weighted by atomic mass is 10.1. The smallest absolute Gasteiger partial charge is 0.270 e. The number of hydrogen-bond donors (Lipinski definition) is 2. The van der Waals surface area contributed by atoms with Crippen molar-refractivity contribution in [1.82, 2.24) is 10.3 Å². The number of nitrogens with zero attached hydrogens (tertiary/aromatic N) is 2. The Morgan fingerprint density at radius 1 is 1.25 bits per heavy atom.